The number of rotatable bonds is 5. The second kappa shape index (κ2) is 6.67. The van der Waals surface area contributed by atoms with Gasteiger partial charge in [0.2, 0.25) is 5.91 Å². The van der Waals surface area contributed by atoms with E-state index in [2.05, 4.69) is 5.16 Å². The molecule has 104 valence electrons. The Morgan fingerprint density at radius 1 is 1.42 bits per heavy atom. The summed E-state index contributed by atoms with van der Waals surface area (Å²) in [5.41, 5.74) is 5.68. The summed E-state index contributed by atoms with van der Waals surface area (Å²) in [7, 11) is 0. The molecule has 19 heavy (non-hydrogen) atoms. The van der Waals surface area contributed by atoms with Gasteiger partial charge in [-0.3, -0.25) is 4.79 Å². The Hall–Kier alpha value is -2.18. The SMILES string of the molecule is CCN(CC(N)=NO)C(=O)Cc1ccc(F)c(F)c1. The van der Waals surface area contributed by atoms with E-state index < -0.39 is 11.6 Å². The fourth-order valence-corrected chi connectivity index (χ4v) is 1.54. The topological polar surface area (TPSA) is 78.9 Å². The molecule has 0 heterocycles. The van der Waals surface area contributed by atoms with Crippen molar-refractivity contribution < 1.29 is 18.8 Å². The Morgan fingerprint density at radius 2 is 2.11 bits per heavy atom. The minimum absolute atomic E-state index is 0.0183. The molecule has 0 saturated heterocycles. The largest absolute Gasteiger partial charge is 0.409 e. The number of halogens is 2. The average molecular weight is 271 g/mol. The van der Waals surface area contributed by atoms with Crippen molar-refractivity contribution in [2.24, 2.45) is 10.9 Å². The lowest BCUT2D eigenvalue weighted by Gasteiger charge is -2.20. The zero-order chi connectivity index (χ0) is 14.4. The molecule has 0 atom stereocenters. The number of nitrogens with zero attached hydrogens (tertiary/aromatic N) is 2. The first-order valence-corrected chi connectivity index (χ1v) is 5.66. The lowest BCUT2D eigenvalue weighted by Crippen LogP contribution is -2.39. The van der Waals surface area contributed by atoms with Crippen LogP contribution in [0.1, 0.15) is 12.5 Å². The summed E-state index contributed by atoms with van der Waals surface area (Å²) in [5.74, 6) is -2.37. The Kier molecular flexibility index (Phi) is 5.23. The van der Waals surface area contributed by atoms with Gasteiger partial charge in [-0.1, -0.05) is 11.2 Å². The van der Waals surface area contributed by atoms with Crippen molar-refractivity contribution >= 4 is 11.7 Å². The van der Waals surface area contributed by atoms with Crippen molar-refractivity contribution in [2.75, 3.05) is 13.1 Å². The molecule has 1 rings (SSSR count). The smallest absolute Gasteiger partial charge is 0.227 e. The third-order valence-electron chi connectivity index (χ3n) is 2.56. The van der Waals surface area contributed by atoms with Crippen molar-refractivity contribution in [2.45, 2.75) is 13.3 Å². The molecule has 5 nitrogen and oxygen atoms in total. The lowest BCUT2D eigenvalue weighted by atomic mass is 10.1. The highest BCUT2D eigenvalue weighted by molar-refractivity contribution is 5.87. The average Bonchev–Trinajstić information content (AvgIpc) is 2.39. The number of amides is 1. The zero-order valence-electron chi connectivity index (χ0n) is 10.4. The van der Waals surface area contributed by atoms with E-state index in [0.717, 1.165) is 12.1 Å². The molecule has 0 spiro atoms. The van der Waals surface area contributed by atoms with Crippen LogP contribution in [0.5, 0.6) is 0 Å². The van der Waals surface area contributed by atoms with Gasteiger partial charge in [-0.05, 0) is 24.6 Å². The number of hydrogen-bond donors (Lipinski definition) is 2. The number of likely N-dealkylation sites (N-methyl/N-ethyl adjacent to an activating group) is 1. The number of carbonyl (C=O) groups excluding carboxylic acids is 1. The Morgan fingerprint density at radius 3 is 2.63 bits per heavy atom. The third-order valence-corrected chi connectivity index (χ3v) is 2.56. The quantitative estimate of drug-likeness (QED) is 0.364. The molecule has 7 heteroatoms. The molecule has 0 bridgehead atoms. The normalized spacial score (nSPS) is 11.4. The maximum Gasteiger partial charge on any atom is 0.227 e. The first-order chi connectivity index (χ1) is 8.97. The maximum atomic E-state index is 13.0. The summed E-state index contributed by atoms with van der Waals surface area (Å²) < 4.78 is 25.8. The van der Waals surface area contributed by atoms with E-state index in [4.69, 9.17) is 10.9 Å². The molecule has 0 saturated carbocycles. The van der Waals surface area contributed by atoms with Crippen molar-refractivity contribution in [3.63, 3.8) is 0 Å². The summed E-state index contributed by atoms with van der Waals surface area (Å²) in [6, 6.07) is 3.29. The van der Waals surface area contributed by atoms with Crippen LogP contribution in [0.2, 0.25) is 0 Å². The molecule has 3 N–H and O–H groups in total. The summed E-state index contributed by atoms with van der Waals surface area (Å²) >= 11 is 0. The molecule has 0 aliphatic rings. The van der Waals surface area contributed by atoms with Crippen LogP contribution in [0.15, 0.2) is 23.4 Å². The van der Waals surface area contributed by atoms with Crippen LogP contribution in [0.4, 0.5) is 8.78 Å². The third kappa shape index (κ3) is 4.20. The van der Waals surface area contributed by atoms with Gasteiger partial charge in [0.05, 0.1) is 13.0 Å². The fraction of sp³-hybridized carbons (Fsp3) is 0.333. The van der Waals surface area contributed by atoms with Crippen molar-refractivity contribution in [1.29, 1.82) is 0 Å². The van der Waals surface area contributed by atoms with E-state index in [1.165, 1.54) is 11.0 Å². The van der Waals surface area contributed by atoms with E-state index in [1.807, 2.05) is 0 Å². The molecule has 0 aliphatic carbocycles. The minimum Gasteiger partial charge on any atom is -0.409 e. The van der Waals surface area contributed by atoms with Gasteiger partial charge in [0.15, 0.2) is 17.5 Å². The fourth-order valence-electron chi connectivity index (χ4n) is 1.54. The van der Waals surface area contributed by atoms with Crippen molar-refractivity contribution in [3.8, 4) is 0 Å². The number of benzene rings is 1. The Labute approximate surface area is 109 Å². The molecule has 0 fully saturated rings. The van der Waals surface area contributed by atoms with E-state index in [9.17, 15) is 13.6 Å². The Balaban J connectivity index is 2.73. The number of carbonyl (C=O) groups is 1. The van der Waals surface area contributed by atoms with Crippen LogP contribution in [-0.2, 0) is 11.2 Å². The summed E-state index contributed by atoms with van der Waals surface area (Å²) in [6.07, 6.45) is -0.0796. The number of hydrogen-bond acceptors (Lipinski definition) is 3. The predicted octanol–water partition coefficient (Wildman–Crippen LogP) is 1.10. The summed E-state index contributed by atoms with van der Waals surface area (Å²) in [4.78, 5) is 13.3. The van der Waals surface area contributed by atoms with E-state index in [0.29, 0.717) is 12.1 Å². The van der Waals surface area contributed by atoms with Gasteiger partial charge in [-0.2, -0.15) is 0 Å². The van der Waals surface area contributed by atoms with Gasteiger partial charge in [0, 0.05) is 6.54 Å². The molecule has 0 aliphatic heterocycles. The molecule has 0 aromatic heterocycles. The summed E-state index contributed by atoms with van der Waals surface area (Å²) in [5, 5.41) is 11.2. The molecular formula is C12H15F2N3O2. The van der Waals surface area contributed by atoms with Crippen LogP contribution in [-0.4, -0.2) is 34.9 Å². The monoisotopic (exact) mass is 271 g/mol. The predicted molar refractivity (Wildman–Crippen MR) is 65.7 cm³/mol. The molecular weight excluding hydrogens is 256 g/mol. The van der Waals surface area contributed by atoms with Gasteiger partial charge < -0.3 is 15.8 Å². The molecule has 1 aromatic carbocycles. The van der Waals surface area contributed by atoms with Crippen molar-refractivity contribution in [3.05, 3.63) is 35.4 Å². The van der Waals surface area contributed by atoms with Gasteiger partial charge in [0.1, 0.15) is 0 Å². The lowest BCUT2D eigenvalue weighted by molar-refractivity contribution is -0.129. The highest BCUT2D eigenvalue weighted by Crippen LogP contribution is 2.10. The first-order valence-electron chi connectivity index (χ1n) is 5.66. The van der Waals surface area contributed by atoms with Gasteiger partial charge in [-0.25, -0.2) is 8.78 Å². The van der Waals surface area contributed by atoms with Crippen LogP contribution in [0, 0.1) is 11.6 Å². The molecule has 1 aromatic rings. The molecule has 0 unspecified atom stereocenters. The number of amidine groups is 1. The first kappa shape index (κ1) is 14.9. The van der Waals surface area contributed by atoms with Gasteiger partial charge in [-0.15, -0.1) is 0 Å². The number of oxime groups is 1. The highest BCUT2D eigenvalue weighted by atomic mass is 19.2. The standard InChI is InChI=1S/C12H15F2N3O2/c1-2-17(7-11(15)16-19)12(18)6-8-3-4-9(13)10(14)5-8/h3-5,19H,2,6-7H2,1H3,(H2,15,16). The number of nitrogens with two attached hydrogens (primary N) is 1. The molecule has 0 radical (unpaired) electrons. The second-order valence-corrected chi connectivity index (χ2v) is 3.92. The van der Waals surface area contributed by atoms with Gasteiger partial charge in [0.25, 0.3) is 0 Å². The highest BCUT2D eigenvalue weighted by Gasteiger charge is 2.14. The van der Waals surface area contributed by atoms with E-state index in [-0.39, 0.29) is 24.7 Å². The van der Waals surface area contributed by atoms with Gasteiger partial charge >= 0.3 is 0 Å². The Bertz CT molecular complexity index is 492. The summed E-state index contributed by atoms with van der Waals surface area (Å²) in [6.45, 7) is 2.07. The zero-order valence-corrected chi connectivity index (χ0v) is 10.4. The van der Waals surface area contributed by atoms with E-state index in [1.54, 1.807) is 6.92 Å². The maximum absolute atomic E-state index is 13.0. The van der Waals surface area contributed by atoms with E-state index >= 15 is 0 Å². The molecule has 1 amide bonds. The van der Waals surface area contributed by atoms with Crippen molar-refractivity contribution in [1.82, 2.24) is 4.90 Å². The van der Waals surface area contributed by atoms with Crippen LogP contribution < -0.4 is 5.73 Å². The van der Waals surface area contributed by atoms with Crippen LogP contribution in [0.3, 0.4) is 0 Å². The van der Waals surface area contributed by atoms with Crippen LogP contribution in [0.25, 0.3) is 0 Å². The minimum atomic E-state index is -0.996. The van der Waals surface area contributed by atoms with Crippen LogP contribution >= 0.6 is 0 Å². The second-order valence-electron chi connectivity index (χ2n) is 3.92.